The van der Waals surface area contributed by atoms with Crippen molar-refractivity contribution in [1.82, 2.24) is 4.98 Å². The Hall–Kier alpha value is -2.43. The highest BCUT2D eigenvalue weighted by Crippen LogP contribution is 2.16. The monoisotopic (exact) mass is 306 g/mol. The summed E-state index contributed by atoms with van der Waals surface area (Å²) in [4.78, 5) is 3.25. The summed E-state index contributed by atoms with van der Waals surface area (Å²) < 4.78 is 39.4. The number of aliphatic hydroxyl groups excluding tert-OH is 1. The highest BCUT2D eigenvalue weighted by atomic mass is 32.2. The van der Waals surface area contributed by atoms with Crippen molar-refractivity contribution >= 4 is 15.7 Å². The summed E-state index contributed by atoms with van der Waals surface area (Å²) in [5.41, 5.74) is 0.952. The van der Waals surface area contributed by atoms with Crippen LogP contribution in [-0.2, 0) is 10.0 Å². The molecule has 1 aromatic heterocycles. The summed E-state index contributed by atoms with van der Waals surface area (Å²) in [5.74, 6) is 4.44. The molecule has 0 amide bonds. The van der Waals surface area contributed by atoms with Crippen molar-refractivity contribution in [3.05, 3.63) is 54.1 Å². The molecule has 5 nitrogen and oxygen atoms in total. The van der Waals surface area contributed by atoms with Crippen molar-refractivity contribution in [2.24, 2.45) is 0 Å². The Morgan fingerprint density at radius 3 is 2.57 bits per heavy atom. The van der Waals surface area contributed by atoms with E-state index in [1.807, 2.05) is 0 Å². The second-order valence-electron chi connectivity index (χ2n) is 3.98. The number of hydrogen-bond acceptors (Lipinski definition) is 4. The Morgan fingerprint density at radius 2 is 1.95 bits per heavy atom. The third-order valence-electron chi connectivity index (χ3n) is 2.44. The van der Waals surface area contributed by atoms with Gasteiger partial charge < -0.3 is 5.11 Å². The van der Waals surface area contributed by atoms with Crippen LogP contribution in [0, 0.1) is 17.7 Å². The average molecular weight is 306 g/mol. The van der Waals surface area contributed by atoms with Crippen LogP contribution < -0.4 is 4.72 Å². The first-order valence-corrected chi connectivity index (χ1v) is 7.33. The molecule has 7 heteroatoms. The molecule has 0 aliphatic carbocycles. The van der Waals surface area contributed by atoms with E-state index in [2.05, 4.69) is 21.5 Å². The fourth-order valence-electron chi connectivity index (χ4n) is 1.52. The summed E-state index contributed by atoms with van der Waals surface area (Å²) in [6.07, 6.45) is 1.99. The lowest BCUT2D eigenvalue weighted by molar-refractivity contribution is 0.350. The number of nitrogens with zero attached hydrogens (tertiary/aromatic N) is 1. The van der Waals surface area contributed by atoms with Crippen molar-refractivity contribution in [2.75, 3.05) is 11.3 Å². The van der Waals surface area contributed by atoms with Gasteiger partial charge >= 0.3 is 0 Å². The first-order valence-electron chi connectivity index (χ1n) is 5.84. The van der Waals surface area contributed by atoms with E-state index < -0.39 is 15.8 Å². The quantitative estimate of drug-likeness (QED) is 0.839. The van der Waals surface area contributed by atoms with Crippen molar-refractivity contribution in [2.45, 2.75) is 4.90 Å². The number of sulfonamides is 1. The van der Waals surface area contributed by atoms with Crippen molar-refractivity contribution in [3.63, 3.8) is 0 Å². The minimum atomic E-state index is -3.89. The highest BCUT2D eigenvalue weighted by molar-refractivity contribution is 7.92. The smallest absolute Gasteiger partial charge is 0.263 e. The van der Waals surface area contributed by atoms with Gasteiger partial charge in [0.2, 0.25) is 0 Å². The van der Waals surface area contributed by atoms with Gasteiger partial charge in [0.25, 0.3) is 10.0 Å². The predicted molar refractivity (Wildman–Crippen MR) is 75.4 cm³/mol. The van der Waals surface area contributed by atoms with E-state index in [0.717, 1.165) is 18.5 Å². The molecule has 0 aliphatic rings. The van der Waals surface area contributed by atoms with Gasteiger partial charge in [-0.3, -0.25) is 9.71 Å². The standard InChI is InChI=1S/C14H11FN2O3S/c15-12-8-14(10-16-9-12)21(19,20)17-13-5-3-11(4-6-13)2-1-7-18/h3-6,8-10,17-18H,7H2. The molecule has 0 unspecified atom stereocenters. The summed E-state index contributed by atoms with van der Waals surface area (Å²) in [5, 5.41) is 8.58. The van der Waals surface area contributed by atoms with E-state index in [9.17, 15) is 12.8 Å². The first-order chi connectivity index (χ1) is 10.0. The molecule has 1 aromatic carbocycles. The number of aromatic nitrogens is 1. The Bertz CT molecular complexity index is 793. The summed E-state index contributed by atoms with van der Waals surface area (Å²) in [6, 6.07) is 7.13. The van der Waals surface area contributed by atoms with Crippen LogP contribution in [0.2, 0.25) is 0 Å². The van der Waals surface area contributed by atoms with Gasteiger partial charge in [-0.2, -0.15) is 0 Å². The normalized spacial score (nSPS) is 10.6. The predicted octanol–water partition coefficient (Wildman–Crippen LogP) is 1.37. The minimum Gasteiger partial charge on any atom is -0.384 e. The number of nitrogens with one attached hydrogen (secondary N) is 1. The number of rotatable bonds is 3. The Labute approximate surface area is 121 Å². The van der Waals surface area contributed by atoms with Crippen LogP contribution in [0.25, 0.3) is 0 Å². The molecule has 108 valence electrons. The van der Waals surface area contributed by atoms with E-state index >= 15 is 0 Å². The van der Waals surface area contributed by atoms with E-state index in [1.165, 1.54) is 12.1 Å². The lowest BCUT2D eigenvalue weighted by atomic mass is 10.2. The zero-order valence-corrected chi connectivity index (χ0v) is 11.6. The van der Waals surface area contributed by atoms with Crippen molar-refractivity contribution in [3.8, 4) is 11.8 Å². The topological polar surface area (TPSA) is 79.3 Å². The molecular weight excluding hydrogens is 295 g/mol. The van der Waals surface area contributed by atoms with Crippen molar-refractivity contribution < 1.29 is 17.9 Å². The number of pyridine rings is 1. The Morgan fingerprint density at radius 1 is 1.24 bits per heavy atom. The maximum Gasteiger partial charge on any atom is 0.263 e. The van der Waals surface area contributed by atoms with Crippen LogP contribution >= 0.6 is 0 Å². The lowest BCUT2D eigenvalue weighted by Gasteiger charge is -2.07. The third kappa shape index (κ3) is 4.02. The molecule has 0 fully saturated rings. The van der Waals surface area contributed by atoms with E-state index in [0.29, 0.717) is 11.3 Å². The number of aliphatic hydroxyl groups is 1. The fourth-order valence-corrected chi connectivity index (χ4v) is 2.55. The molecule has 21 heavy (non-hydrogen) atoms. The van der Waals surface area contributed by atoms with Gasteiger partial charge in [-0.05, 0) is 30.3 Å². The van der Waals surface area contributed by atoms with E-state index in [1.54, 1.807) is 12.1 Å². The fraction of sp³-hybridized carbons (Fsp3) is 0.0714. The van der Waals surface area contributed by atoms with Crippen LogP contribution in [0.1, 0.15) is 5.56 Å². The second-order valence-corrected chi connectivity index (χ2v) is 5.66. The first kappa shape index (κ1) is 15.0. The van der Waals surface area contributed by atoms with Crippen LogP contribution in [0.3, 0.4) is 0 Å². The van der Waals surface area contributed by atoms with Gasteiger partial charge in [-0.15, -0.1) is 0 Å². The van der Waals surface area contributed by atoms with Crippen LogP contribution in [-0.4, -0.2) is 25.1 Å². The second kappa shape index (κ2) is 6.35. The van der Waals surface area contributed by atoms with Crippen LogP contribution in [0.4, 0.5) is 10.1 Å². The average Bonchev–Trinajstić information content (AvgIpc) is 2.46. The number of anilines is 1. The Kier molecular flexibility index (Phi) is 4.52. The molecule has 2 aromatic rings. The van der Waals surface area contributed by atoms with Crippen LogP contribution in [0.15, 0.2) is 47.6 Å². The maximum atomic E-state index is 13.0. The Balaban J connectivity index is 2.21. The molecule has 1 heterocycles. The molecule has 0 radical (unpaired) electrons. The van der Waals surface area contributed by atoms with Gasteiger partial charge in [0.15, 0.2) is 0 Å². The molecular formula is C14H11FN2O3S. The van der Waals surface area contributed by atoms with Crippen LogP contribution in [0.5, 0.6) is 0 Å². The number of hydrogen-bond donors (Lipinski definition) is 2. The zero-order chi connectivity index (χ0) is 15.3. The summed E-state index contributed by atoms with van der Waals surface area (Å²) in [6.45, 7) is -0.249. The molecule has 0 saturated heterocycles. The summed E-state index contributed by atoms with van der Waals surface area (Å²) >= 11 is 0. The summed E-state index contributed by atoms with van der Waals surface area (Å²) in [7, 11) is -3.89. The van der Waals surface area contributed by atoms with Gasteiger partial charge in [0, 0.05) is 17.4 Å². The molecule has 0 aliphatic heterocycles. The zero-order valence-electron chi connectivity index (χ0n) is 10.7. The SMILES string of the molecule is O=S(=O)(Nc1ccc(C#CCO)cc1)c1cncc(F)c1. The molecule has 0 saturated carbocycles. The minimum absolute atomic E-state index is 0.249. The molecule has 0 spiro atoms. The van der Waals surface area contributed by atoms with E-state index in [4.69, 9.17) is 5.11 Å². The van der Waals surface area contributed by atoms with Gasteiger partial charge in [-0.25, -0.2) is 12.8 Å². The van der Waals surface area contributed by atoms with Crippen molar-refractivity contribution in [1.29, 1.82) is 0 Å². The largest absolute Gasteiger partial charge is 0.384 e. The highest BCUT2D eigenvalue weighted by Gasteiger charge is 2.15. The van der Waals surface area contributed by atoms with Gasteiger partial charge in [0.05, 0.1) is 6.20 Å². The molecule has 0 atom stereocenters. The molecule has 0 bridgehead atoms. The lowest BCUT2D eigenvalue weighted by Crippen LogP contribution is -2.13. The van der Waals surface area contributed by atoms with Gasteiger partial charge in [-0.1, -0.05) is 11.8 Å². The number of benzene rings is 1. The maximum absolute atomic E-state index is 13.0. The molecule has 2 rings (SSSR count). The number of halogens is 1. The van der Waals surface area contributed by atoms with Gasteiger partial charge in [0.1, 0.15) is 17.3 Å². The molecule has 2 N–H and O–H groups in total. The van der Waals surface area contributed by atoms with E-state index in [-0.39, 0.29) is 11.5 Å². The third-order valence-corrected chi connectivity index (χ3v) is 3.79.